The third-order valence-corrected chi connectivity index (χ3v) is 4.74. The number of hydrogen-bond donors (Lipinski definition) is 2. The van der Waals surface area contributed by atoms with Crippen molar-refractivity contribution in [2.75, 3.05) is 30.5 Å². The van der Waals surface area contributed by atoms with Gasteiger partial charge in [0.15, 0.2) is 0 Å². The highest BCUT2D eigenvalue weighted by atomic mass is 32.2. The molecule has 0 aliphatic heterocycles. The van der Waals surface area contributed by atoms with Crippen molar-refractivity contribution in [1.29, 1.82) is 0 Å². The quantitative estimate of drug-likeness (QED) is 0.728. The molecule has 0 saturated heterocycles. The molecule has 7 heteroatoms. The lowest BCUT2D eigenvalue weighted by molar-refractivity contribution is -0.122. The van der Waals surface area contributed by atoms with Crippen molar-refractivity contribution in [3.05, 3.63) is 54.3 Å². The third-order valence-electron chi connectivity index (χ3n) is 3.95. The molecule has 2 rings (SSSR count). The van der Waals surface area contributed by atoms with E-state index in [4.69, 9.17) is 0 Å². The van der Waals surface area contributed by atoms with Crippen LogP contribution in [0.4, 0.5) is 15.8 Å². The normalized spacial score (nSPS) is 11.9. The topological polar surface area (TPSA) is 61.4 Å². The summed E-state index contributed by atoms with van der Waals surface area (Å²) in [5.41, 5.74) is 0.859. The summed E-state index contributed by atoms with van der Waals surface area (Å²) in [7, 11) is 1.67. The second kappa shape index (κ2) is 9.35. The van der Waals surface area contributed by atoms with Gasteiger partial charge in [0.05, 0.1) is 24.0 Å². The molecule has 0 bridgehead atoms. The van der Waals surface area contributed by atoms with Crippen molar-refractivity contribution in [2.24, 2.45) is 0 Å². The number of anilines is 2. The van der Waals surface area contributed by atoms with Crippen molar-refractivity contribution in [3.8, 4) is 0 Å². The van der Waals surface area contributed by atoms with Crippen molar-refractivity contribution < 1.29 is 14.0 Å². The molecule has 2 aromatic carbocycles. The number of likely N-dealkylation sites (N-methyl/N-ethyl adjacent to an activating group) is 1. The molecule has 0 saturated carbocycles. The third kappa shape index (κ3) is 5.31. The molecule has 1 atom stereocenters. The van der Waals surface area contributed by atoms with Crippen LogP contribution in [0.3, 0.4) is 0 Å². The van der Waals surface area contributed by atoms with Crippen LogP contribution < -0.4 is 10.6 Å². The largest absolute Gasteiger partial charge is 0.324 e. The molecule has 0 spiro atoms. The Bertz CT molecular complexity index is 785. The maximum Gasteiger partial charge on any atom is 0.241 e. The lowest BCUT2D eigenvalue weighted by Crippen LogP contribution is -2.43. The number of para-hydroxylation sites is 2. The first kappa shape index (κ1) is 19.9. The van der Waals surface area contributed by atoms with Crippen LogP contribution in [0.2, 0.25) is 0 Å². The molecule has 26 heavy (non-hydrogen) atoms. The standard InChI is InChI=1S/C19H22FN3O2S/c1-13(19(25)22-15-9-5-4-8-14(15)20)23(2)12-18(24)21-16-10-6-7-11-17(16)26-3/h4-11,13H,12H2,1-3H3,(H,21,24)(H,22,25). The van der Waals surface area contributed by atoms with Crippen molar-refractivity contribution in [3.63, 3.8) is 0 Å². The van der Waals surface area contributed by atoms with E-state index in [9.17, 15) is 14.0 Å². The van der Waals surface area contributed by atoms with Gasteiger partial charge >= 0.3 is 0 Å². The molecule has 0 radical (unpaired) electrons. The molecule has 2 amide bonds. The van der Waals surface area contributed by atoms with E-state index >= 15 is 0 Å². The number of nitrogens with zero attached hydrogens (tertiary/aromatic N) is 1. The fourth-order valence-corrected chi connectivity index (χ4v) is 2.85. The van der Waals surface area contributed by atoms with Gasteiger partial charge in [-0.05, 0) is 44.5 Å². The molecule has 0 aliphatic rings. The Hall–Kier alpha value is -2.38. The Morgan fingerprint density at radius 3 is 2.35 bits per heavy atom. The summed E-state index contributed by atoms with van der Waals surface area (Å²) in [4.78, 5) is 27.1. The molecule has 0 heterocycles. The summed E-state index contributed by atoms with van der Waals surface area (Å²) in [5.74, 6) is -1.10. The second-order valence-corrected chi connectivity index (χ2v) is 6.66. The van der Waals surface area contributed by atoms with Crippen molar-refractivity contribution in [1.82, 2.24) is 4.90 Å². The lowest BCUT2D eigenvalue weighted by atomic mass is 10.2. The molecule has 1 unspecified atom stereocenters. The zero-order chi connectivity index (χ0) is 19.1. The second-order valence-electron chi connectivity index (χ2n) is 5.81. The summed E-state index contributed by atoms with van der Waals surface area (Å²) >= 11 is 1.54. The Morgan fingerprint density at radius 2 is 1.69 bits per heavy atom. The molecule has 5 nitrogen and oxygen atoms in total. The maximum absolute atomic E-state index is 13.6. The zero-order valence-electron chi connectivity index (χ0n) is 15.0. The van der Waals surface area contributed by atoms with Gasteiger partial charge in [0.25, 0.3) is 0 Å². The highest BCUT2D eigenvalue weighted by Gasteiger charge is 2.21. The summed E-state index contributed by atoms with van der Waals surface area (Å²) < 4.78 is 13.6. The van der Waals surface area contributed by atoms with E-state index in [0.29, 0.717) is 0 Å². The number of rotatable bonds is 7. The average molecular weight is 375 g/mol. The monoisotopic (exact) mass is 375 g/mol. The lowest BCUT2D eigenvalue weighted by Gasteiger charge is -2.23. The van der Waals surface area contributed by atoms with E-state index < -0.39 is 11.9 Å². The van der Waals surface area contributed by atoms with Crippen molar-refractivity contribution in [2.45, 2.75) is 17.9 Å². The highest BCUT2D eigenvalue weighted by molar-refractivity contribution is 7.98. The smallest absolute Gasteiger partial charge is 0.241 e. The van der Waals surface area contributed by atoms with Crippen LogP contribution >= 0.6 is 11.8 Å². The molecular formula is C19H22FN3O2S. The Morgan fingerprint density at radius 1 is 1.08 bits per heavy atom. The van der Waals surface area contributed by atoms with Gasteiger partial charge in [-0.15, -0.1) is 11.8 Å². The molecule has 2 aromatic rings. The zero-order valence-corrected chi connectivity index (χ0v) is 15.8. The van der Waals surface area contributed by atoms with E-state index in [1.165, 1.54) is 12.1 Å². The first-order valence-corrected chi connectivity index (χ1v) is 9.33. The fourth-order valence-electron chi connectivity index (χ4n) is 2.30. The van der Waals surface area contributed by atoms with Crippen LogP contribution in [-0.4, -0.2) is 42.6 Å². The average Bonchev–Trinajstić information content (AvgIpc) is 2.63. The number of halogens is 1. The number of nitrogens with one attached hydrogen (secondary N) is 2. The number of carbonyl (C=O) groups excluding carboxylic acids is 2. The minimum Gasteiger partial charge on any atom is -0.324 e. The number of hydrogen-bond acceptors (Lipinski definition) is 4. The number of carbonyl (C=O) groups is 2. The fraction of sp³-hybridized carbons (Fsp3) is 0.263. The van der Waals surface area contributed by atoms with E-state index in [1.807, 2.05) is 30.5 Å². The predicted octanol–water partition coefficient (Wildman–Crippen LogP) is 3.45. The van der Waals surface area contributed by atoms with E-state index in [1.54, 1.807) is 42.8 Å². The number of benzene rings is 2. The van der Waals surface area contributed by atoms with Crippen LogP contribution in [0.5, 0.6) is 0 Å². The summed E-state index contributed by atoms with van der Waals surface area (Å²) in [5, 5.41) is 5.39. The van der Waals surface area contributed by atoms with Gasteiger partial charge in [-0.25, -0.2) is 4.39 Å². The summed E-state index contributed by atoms with van der Waals surface area (Å²) in [6, 6.07) is 12.9. The van der Waals surface area contributed by atoms with Gasteiger partial charge in [-0.1, -0.05) is 24.3 Å². The van der Waals surface area contributed by atoms with Crippen molar-refractivity contribution >= 4 is 35.0 Å². The van der Waals surface area contributed by atoms with Gasteiger partial charge in [0.1, 0.15) is 5.82 Å². The van der Waals surface area contributed by atoms with Crippen LogP contribution in [0.25, 0.3) is 0 Å². The van der Waals surface area contributed by atoms with E-state index in [0.717, 1.165) is 10.6 Å². The van der Waals surface area contributed by atoms with Crippen LogP contribution in [-0.2, 0) is 9.59 Å². The van der Waals surface area contributed by atoms with Crippen LogP contribution in [0.15, 0.2) is 53.4 Å². The molecular weight excluding hydrogens is 353 g/mol. The number of amides is 2. The molecule has 0 aromatic heterocycles. The van der Waals surface area contributed by atoms with Gasteiger partial charge in [0.2, 0.25) is 11.8 Å². The summed E-state index contributed by atoms with van der Waals surface area (Å²) in [6.45, 7) is 1.70. The van der Waals surface area contributed by atoms with Crippen LogP contribution in [0.1, 0.15) is 6.92 Å². The molecule has 0 fully saturated rings. The van der Waals surface area contributed by atoms with E-state index in [-0.39, 0.29) is 24.0 Å². The first-order valence-electron chi connectivity index (χ1n) is 8.11. The minimum absolute atomic E-state index is 0.0363. The van der Waals surface area contributed by atoms with Gasteiger partial charge in [-0.3, -0.25) is 14.5 Å². The highest BCUT2D eigenvalue weighted by Crippen LogP contribution is 2.24. The molecule has 0 aliphatic carbocycles. The van der Waals surface area contributed by atoms with Gasteiger partial charge in [-0.2, -0.15) is 0 Å². The van der Waals surface area contributed by atoms with Gasteiger partial charge < -0.3 is 10.6 Å². The minimum atomic E-state index is -0.601. The Kier molecular flexibility index (Phi) is 7.17. The van der Waals surface area contributed by atoms with E-state index in [2.05, 4.69) is 10.6 Å². The maximum atomic E-state index is 13.6. The molecule has 2 N–H and O–H groups in total. The Balaban J connectivity index is 1.93. The molecule has 138 valence electrons. The SMILES string of the molecule is CSc1ccccc1NC(=O)CN(C)C(C)C(=O)Nc1ccccc1F. The van der Waals surface area contributed by atoms with Gasteiger partial charge in [0, 0.05) is 4.90 Å². The first-order chi connectivity index (χ1) is 12.4. The summed E-state index contributed by atoms with van der Waals surface area (Å²) in [6.07, 6.45) is 1.94. The predicted molar refractivity (Wildman–Crippen MR) is 104 cm³/mol. The number of thioether (sulfide) groups is 1. The Labute approximate surface area is 157 Å². The van der Waals surface area contributed by atoms with Crippen LogP contribution in [0, 0.1) is 5.82 Å².